The molecule has 1 atom stereocenters. The fourth-order valence-electron chi connectivity index (χ4n) is 4.46. The Morgan fingerprint density at radius 3 is 2.41 bits per heavy atom. The first kappa shape index (κ1) is 24.1. The lowest BCUT2D eigenvalue weighted by molar-refractivity contribution is -0.00118. The summed E-state index contributed by atoms with van der Waals surface area (Å²) in [5, 5.41) is 19.1. The Kier molecular flexibility index (Phi) is 6.85. The van der Waals surface area contributed by atoms with Crippen LogP contribution >= 0.6 is 0 Å². The van der Waals surface area contributed by atoms with Crippen LogP contribution in [0.1, 0.15) is 39.0 Å². The fraction of sp³-hybridized carbons (Fsp3) is 0.478. The van der Waals surface area contributed by atoms with Gasteiger partial charge in [0.2, 0.25) is 21.8 Å². The first-order chi connectivity index (χ1) is 16.3. The molecule has 10 nitrogen and oxygen atoms in total. The van der Waals surface area contributed by atoms with Crippen molar-refractivity contribution in [3.8, 4) is 28.8 Å². The molecule has 1 aliphatic rings. The Morgan fingerprint density at radius 2 is 1.82 bits per heavy atom. The number of para-hydroxylation sites is 1. The molecule has 0 bridgehead atoms. The van der Waals surface area contributed by atoms with Crippen molar-refractivity contribution in [2.45, 2.75) is 44.6 Å². The van der Waals surface area contributed by atoms with Crippen LogP contribution in [-0.2, 0) is 10.0 Å². The van der Waals surface area contributed by atoms with Gasteiger partial charge in [-0.15, -0.1) is 10.2 Å². The Labute approximate surface area is 199 Å². The van der Waals surface area contributed by atoms with Crippen molar-refractivity contribution < 1.29 is 27.4 Å². The molecule has 2 heterocycles. The van der Waals surface area contributed by atoms with Crippen LogP contribution in [0.25, 0.3) is 17.3 Å². The molecule has 1 fully saturated rings. The second-order valence-electron chi connectivity index (χ2n) is 8.68. The summed E-state index contributed by atoms with van der Waals surface area (Å²) in [7, 11) is -0.860. The number of hydrogen-bond donors (Lipinski definition) is 2. The van der Waals surface area contributed by atoms with Gasteiger partial charge in [-0.05, 0) is 56.4 Å². The van der Waals surface area contributed by atoms with Crippen molar-refractivity contribution in [3.63, 3.8) is 0 Å². The Morgan fingerprint density at radius 1 is 1.15 bits per heavy atom. The second-order valence-corrected chi connectivity index (χ2v) is 10.5. The van der Waals surface area contributed by atoms with Crippen LogP contribution in [0.4, 0.5) is 5.95 Å². The third-order valence-corrected chi connectivity index (χ3v) is 7.62. The minimum absolute atomic E-state index is 0.0466. The fourth-order valence-corrected chi connectivity index (χ4v) is 5.66. The molecule has 3 aromatic rings. The minimum atomic E-state index is -3.87. The monoisotopic (exact) mass is 490 g/mol. The summed E-state index contributed by atoms with van der Waals surface area (Å²) >= 11 is 0. The van der Waals surface area contributed by atoms with Gasteiger partial charge in [-0.1, -0.05) is 18.9 Å². The zero-order valence-corrected chi connectivity index (χ0v) is 20.3. The molecule has 1 saturated carbocycles. The molecule has 2 N–H and O–H groups in total. The van der Waals surface area contributed by atoms with E-state index in [1.165, 1.54) is 25.0 Å². The number of hydrogen-bond acceptors (Lipinski definition) is 8. The number of anilines is 1. The van der Waals surface area contributed by atoms with E-state index in [-0.39, 0.29) is 29.9 Å². The van der Waals surface area contributed by atoms with Crippen LogP contribution in [0.3, 0.4) is 0 Å². The number of aromatic nitrogens is 3. The van der Waals surface area contributed by atoms with E-state index in [9.17, 15) is 13.5 Å². The quantitative estimate of drug-likeness (QED) is 0.441. The second kappa shape index (κ2) is 9.67. The molecule has 0 radical (unpaired) electrons. The van der Waals surface area contributed by atoms with E-state index in [1.807, 2.05) is 0 Å². The summed E-state index contributed by atoms with van der Waals surface area (Å²) in [5.74, 6) is 1.30. The molecule has 0 spiro atoms. The molecule has 0 aliphatic heterocycles. The Bertz CT molecular complexity index is 1190. The van der Waals surface area contributed by atoms with E-state index in [0.717, 1.165) is 25.7 Å². The number of nitrogens with one attached hydrogen (secondary N) is 1. The van der Waals surface area contributed by atoms with Crippen molar-refractivity contribution in [2.75, 3.05) is 24.7 Å². The van der Waals surface area contributed by atoms with Crippen molar-refractivity contribution in [1.82, 2.24) is 14.8 Å². The van der Waals surface area contributed by atoms with Crippen LogP contribution in [-0.4, -0.2) is 53.9 Å². The standard InChI is InChI=1S/C23H30N4O6S/c1-23(28,16-8-4-5-9-16)13-15-34(29,30)26-22-25-24-21(19-12-7-14-33-19)27(22)20-17(31-2)10-6-11-18(20)32-3/h6-7,10-12,14,16,28H,4-5,8-9,13,15H2,1-3H3,(H,25,26)/t23-/m1/s1. The highest BCUT2D eigenvalue weighted by Gasteiger charge is 2.35. The summed E-state index contributed by atoms with van der Waals surface area (Å²) in [4.78, 5) is 0. The van der Waals surface area contributed by atoms with Gasteiger partial charge in [-0.3, -0.25) is 9.29 Å². The van der Waals surface area contributed by atoms with Crippen LogP contribution < -0.4 is 14.2 Å². The average Bonchev–Trinajstić information content (AvgIpc) is 3.59. The molecule has 4 rings (SSSR count). The number of sulfonamides is 1. The predicted molar refractivity (Wildman–Crippen MR) is 127 cm³/mol. The van der Waals surface area contributed by atoms with E-state index in [4.69, 9.17) is 13.9 Å². The van der Waals surface area contributed by atoms with Crippen molar-refractivity contribution in [1.29, 1.82) is 0 Å². The van der Waals surface area contributed by atoms with Crippen molar-refractivity contribution in [3.05, 3.63) is 36.6 Å². The first-order valence-electron chi connectivity index (χ1n) is 11.2. The molecular formula is C23H30N4O6S. The first-order valence-corrected chi connectivity index (χ1v) is 12.8. The van der Waals surface area contributed by atoms with Gasteiger partial charge in [0.25, 0.3) is 0 Å². The van der Waals surface area contributed by atoms with Crippen LogP contribution in [0, 0.1) is 5.92 Å². The number of nitrogens with zero attached hydrogens (tertiary/aromatic N) is 3. The maximum Gasteiger partial charge on any atom is 0.243 e. The third-order valence-electron chi connectivity index (χ3n) is 6.39. The van der Waals surface area contributed by atoms with Crippen LogP contribution in [0.2, 0.25) is 0 Å². The van der Waals surface area contributed by atoms with Crippen LogP contribution in [0.15, 0.2) is 41.0 Å². The molecule has 1 aliphatic carbocycles. The Hall–Kier alpha value is -3.05. The van der Waals surface area contributed by atoms with Gasteiger partial charge in [-0.2, -0.15) is 0 Å². The summed E-state index contributed by atoms with van der Waals surface area (Å²) in [6.45, 7) is 1.72. The van der Waals surface area contributed by atoms with E-state index in [2.05, 4.69) is 14.9 Å². The SMILES string of the molecule is COc1cccc(OC)c1-n1c(NS(=O)(=O)CC[C@@](C)(O)C2CCCC2)nnc1-c1ccco1. The topological polar surface area (TPSA) is 129 Å². The maximum atomic E-state index is 13.1. The highest BCUT2D eigenvalue weighted by Crippen LogP contribution is 2.38. The van der Waals surface area contributed by atoms with Gasteiger partial charge in [0.05, 0.1) is 31.8 Å². The molecule has 34 heavy (non-hydrogen) atoms. The molecule has 184 valence electrons. The maximum absolute atomic E-state index is 13.1. The van der Waals surface area contributed by atoms with Crippen LogP contribution in [0.5, 0.6) is 11.5 Å². The lowest BCUT2D eigenvalue weighted by Gasteiger charge is -2.30. The lowest BCUT2D eigenvalue weighted by atomic mass is 9.86. The molecule has 0 saturated heterocycles. The number of ether oxygens (including phenoxy) is 2. The van der Waals surface area contributed by atoms with Crippen molar-refractivity contribution in [2.24, 2.45) is 5.92 Å². The largest absolute Gasteiger partial charge is 0.494 e. The number of furan rings is 1. The molecule has 0 amide bonds. The molecule has 11 heteroatoms. The highest BCUT2D eigenvalue weighted by molar-refractivity contribution is 7.92. The van der Waals surface area contributed by atoms with Gasteiger partial charge in [0.15, 0.2) is 5.76 Å². The number of aliphatic hydroxyl groups is 1. The number of methoxy groups -OCH3 is 2. The van der Waals surface area contributed by atoms with Gasteiger partial charge in [-0.25, -0.2) is 8.42 Å². The van der Waals surface area contributed by atoms with E-state index >= 15 is 0 Å². The Balaban J connectivity index is 1.70. The summed E-state index contributed by atoms with van der Waals surface area (Å²) in [6, 6.07) is 8.59. The minimum Gasteiger partial charge on any atom is -0.494 e. The summed E-state index contributed by atoms with van der Waals surface area (Å²) in [5.41, 5.74) is -0.635. The van der Waals surface area contributed by atoms with E-state index in [1.54, 1.807) is 37.3 Å². The van der Waals surface area contributed by atoms with Crippen molar-refractivity contribution >= 4 is 16.0 Å². The van der Waals surface area contributed by atoms with Gasteiger partial charge in [0.1, 0.15) is 17.2 Å². The van der Waals surface area contributed by atoms with E-state index in [0.29, 0.717) is 22.9 Å². The molecular weight excluding hydrogens is 460 g/mol. The third kappa shape index (κ3) is 4.90. The zero-order chi connectivity index (χ0) is 24.3. The zero-order valence-electron chi connectivity index (χ0n) is 19.5. The van der Waals surface area contributed by atoms with Gasteiger partial charge >= 0.3 is 0 Å². The number of benzene rings is 1. The average molecular weight is 491 g/mol. The van der Waals surface area contributed by atoms with Gasteiger partial charge in [0, 0.05) is 0 Å². The predicted octanol–water partition coefficient (Wildman–Crippen LogP) is 3.62. The normalized spacial score (nSPS) is 16.4. The summed E-state index contributed by atoms with van der Waals surface area (Å²) in [6.07, 6.45) is 5.55. The van der Waals surface area contributed by atoms with Gasteiger partial charge < -0.3 is 19.0 Å². The smallest absolute Gasteiger partial charge is 0.243 e. The summed E-state index contributed by atoms with van der Waals surface area (Å²) < 4.78 is 46.7. The van der Waals surface area contributed by atoms with E-state index < -0.39 is 15.6 Å². The highest BCUT2D eigenvalue weighted by atomic mass is 32.2. The molecule has 2 aromatic heterocycles. The lowest BCUT2D eigenvalue weighted by Crippen LogP contribution is -2.36. The molecule has 0 unspecified atom stereocenters. The number of rotatable bonds is 10. The molecule has 1 aromatic carbocycles.